The van der Waals surface area contributed by atoms with Crippen molar-refractivity contribution in [3.63, 3.8) is 0 Å². The van der Waals surface area contributed by atoms with Gasteiger partial charge in [0, 0.05) is 9.99 Å². The fraction of sp³-hybridized carbons (Fsp3) is 0.176. The largest absolute Gasteiger partial charge is 0.504 e. The maximum absolute atomic E-state index is 11.4. The number of carboxylic acids is 1. The smallest absolute Gasteiger partial charge is 0.337 e. The Morgan fingerprint density at radius 2 is 2.16 bits per heavy atom. The van der Waals surface area contributed by atoms with Crippen molar-refractivity contribution in [2.75, 3.05) is 7.11 Å². The zero-order chi connectivity index (χ0) is 18.0. The number of carboxylic acid groups (broad SMARTS) is 1. The Hall–Kier alpha value is -2.33. The quantitative estimate of drug-likeness (QED) is 0.613. The normalized spacial score (nSPS) is 18.2. The van der Waals surface area contributed by atoms with E-state index < -0.39 is 5.97 Å². The zero-order valence-corrected chi connectivity index (χ0v) is 15.4. The van der Waals surface area contributed by atoms with E-state index in [1.54, 1.807) is 30.3 Å². The molecule has 0 saturated carbocycles. The molecule has 1 saturated heterocycles. The van der Waals surface area contributed by atoms with E-state index in [4.69, 9.17) is 9.57 Å². The van der Waals surface area contributed by atoms with Crippen LogP contribution in [0.15, 0.2) is 41.4 Å². The van der Waals surface area contributed by atoms with Gasteiger partial charge in [0.2, 0.25) is 0 Å². The number of phenolic OH excluding ortho intramolecular Hbond substituents is 1. The second-order valence-electron chi connectivity index (χ2n) is 5.37. The molecule has 1 aliphatic rings. The number of hydroxylamine groups is 1. The van der Waals surface area contributed by atoms with Gasteiger partial charge in [-0.25, -0.2) is 9.79 Å². The Labute approximate surface area is 157 Å². The van der Waals surface area contributed by atoms with Crippen LogP contribution in [0.1, 0.15) is 28.4 Å². The molecule has 1 aliphatic heterocycles. The third kappa shape index (κ3) is 3.85. The number of ether oxygens (including phenoxy) is 1. The SMILES string of the molecule is COc1cc(C2CC(=Nc3ccc(I)cc3C(=O)O)NO2)ccc1O. The monoisotopic (exact) mass is 454 g/mol. The predicted octanol–water partition coefficient (Wildman–Crippen LogP) is 3.40. The Morgan fingerprint density at radius 3 is 2.88 bits per heavy atom. The number of aromatic hydroxyl groups is 1. The van der Waals surface area contributed by atoms with Gasteiger partial charge in [0.15, 0.2) is 11.5 Å². The van der Waals surface area contributed by atoms with Gasteiger partial charge in [-0.3, -0.25) is 10.3 Å². The van der Waals surface area contributed by atoms with E-state index in [0.717, 1.165) is 9.13 Å². The third-order valence-electron chi connectivity index (χ3n) is 3.72. The van der Waals surface area contributed by atoms with Gasteiger partial charge >= 0.3 is 5.97 Å². The standard InChI is InChI=1S/C17H15IN2O5/c1-24-15-6-9(2-5-13(15)21)14-8-16(20-25-14)19-12-4-3-10(18)7-11(12)17(22)23/h2-7,14,21H,8H2,1H3,(H,19,20)(H,22,23). The highest BCUT2D eigenvalue weighted by Gasteiger charge is 2.25. The minimum atomic E-state index is -1.03. The van der Waals surface area contributed by atoms with Crippen LogP contribution in [-0.4, -0.2) is 29.1 Å². The molecule has 2 aromatic rings. The third-order valence-corrected chi connectivity index (χ3v) is 4.39. The van der Waals surface area contributed by atoms with Crippen molar-refractivity contribution in [2.45, 2.75) is 12.5 Å². The average Bonchev–Trinajstić information content (AvgIpc) is 3.05. The maximum atomic E-state index is 11.4. The summed E-state index contributed by atoms with van der Waals surface area (Å²) < 4.78 is 5.92. The zero-order valence-electron chi connectivity index (χ0n) is 13.2. The van der Waals surface area contributed by atoms with Crippen molar-refractivity contribution in [3.8, 4) is 11.5 Å². The summed E-state index contributed by atoms with van der Waals surface area (Å²) >= 11 is 2.06. The van der Waals surface area contributed by atoms with Crippen LogP contribution in [0.2, 0.25) is 0 Å². The number of carbonyl (C=O) groups is 1. The van der Waals surface area contributed by atoms with Crippen LogP contribution < -0.4 is 10.2 Å². The number of hydrogen-bond donors (Lipinski definition) is 3. The minimum absolute atomic E-state index is 0.0519. The van der Waals surface area contributed by atoms with Crippen molar-refractivity contribution in [3.05, 3.63) is 51.1 Å². The predicted molar refractivity (Wildman–Crippen MR) is 99.5 cm³/mol. The number of hydrogen-bond acceptors (Lipinski definition) is 5. The van der Waals surface area contributed by atoms with E-state index in [1.165, 1.54) is 13.2 Å². The molecule has 1 fully saturated rings. The Bertz CT molecular complexity index is 853. The van der Waals surface area contributed by atoms with Crippen molar-refractivity contribution in [1.29, 1.82) is 0 Å². The Kier molecular flexibility index (Phi) is 5.09. The molecule has 1 heterocycles. The number of methoxy groups -OCH3 is 1. The van der Waals surface area contributed by atoms with Crippen LogP contribution in [0.3, 0.4) is 0 Å². The fourth-order valence-corrected chi connectivity index (χ4v) is 2.96. The molecular weight excluding hydrogens is 439 g/mol. The summed E-state index contributed by atoms with van der Waals surface area (Å²) in [5.74, 6) is -0.0919. The van der Waals surface area contributed by atoms with E-state index in [9.17, 15) is 15.0 Å². The topological polar surface area (TPSA) is 100 Å². The Balaban J connectivity index is 1.84. The van der Waals surface area contributed by atoms with Gasteiger partial charge < -0.3 is 14.9 Å². The number of rotatable bonds is 4. The van der Waals surface area contributed by atoms with E-state index in [1.807, 2.05) is 0 Å². The molecule has 1 unspecified atom stereocenters. The van der Waals surface area contributed by atoms with Gasteiger partial charge in [0.05, 0.1) is 18.4 Å². The van der Waals surface area contributed by atoms with Crippen LogP contribution in [0.4, 0.5) is 5.69 Å². The summed E-state index contributed by atoms with van der Waals surface area (Å²) in [4.78, 5) is 21.3. The number of benzene rings is 2. The van der Waals surface area contributed by atoms with Crippen molar-refractivity contribution < 1.29 is 24.6 Å². The van der Waals surface area contributed by atoms with Gasteiger partial charge in [-0.15, -0.1) is 0 Å². The number of halogens is 1. The molecular formula is C17H15IN2O5. The number of nitrogens with one attached hydrogen (secondary N) is 1. The first-order valence-corrected chi connectivity index (χ1v) is 8.45. The first-order chi connectivity index (χ1) is 12.0. The summed E-state index contributed by atoms with van der Waals surface area (Å²) in [6.07, 6.45) is 0.129. The van der Waals surface area contributed by atoms with E-state index >= 15 is 0 Å². The van der Waals surface area contributed by atoms with Crippen molar-refractivity contribution >= 4 is 40.1 Å². The second kappa shape index (κ2) is 7.28. The summed E-state index contributed by atoms with van der Waals surface area (Å²) in [5, 5.41) is 19.0. The lowest BCUT2D eigenvalue weighted by atomic mass is 10.1. The Morgan fingerprint density at radius 1 is 1.36 bits per heavy atom. The molecule has 0 radical (unpaired) electrons. The molecule has 130 valence electrons. The van der Waals surface area contributed by atoms with Crippen LogP contribution in [0.5, 0.6) is 11.5 Å². The van der Waals surface area contributed by atoms with Gasteiger partial charge in [-0.1, -0.05) is 6.07 Å². The van der Waals surface area contributed by atoms with Crippen LogP contribution in [0.25, 0.3) is 0 Å². The molecule has 1 atom stereocenters. The van der Waals surface area contributed by atoms with Crippen LogP contribution >= 0.6 is 22.6 Å². The summed E-state index contributed by atoms with van der Waals surface area (Å²) in [7, 11) is 1.48. The molecule has 0 bridgehead atoms. The average molecular weight is 454 g/mol. The summed E-state index contributed by atoms with van der Waals surface area (Å²) in [5.41, 5.74) is 4.05. The highest BCUT2D eigenvalue weighted by Crippen LogP contribution is 2.33. The molecule has 25 heavy (non-hydrogen) atoms. The minimum Gasteiger partial charge on any atom is -0.504 e. The van der Waals surface area contributed by atoms with Crippen molar-refractivity contribution in [2.24, 2.45) is 4.99 Å². The number of phenols is 1. The second-order valence-corrected chi connectivity index (χ2v) is 6.61. The lowest BCUT2D eigenvalue weighted by Gasteiger charge is -2.10. The van der Waals surface area contributed by atoms with Crippen LogP contribution in [0, 0.1) is 3.57 Å². The molecule has 7 nitrogen and oxygen atoms in total. The number of nitrogens with zero attached hydrogens (tertiary/aromatic N) is 1. The molecule has 3 N–H and O–H groups in total. The molecule has 0 spiro atoms. The van der Waals surface area contributed by atoms with Crippen LogP contribution in [-0.2, 0) is 4.84 Å². The van der Waals surface area contributed by atoms with Gasteiger partial charge in [-0.2, -0.15) is 0 Å². The molecule has 2 aromatic carbocycles. The summed E-state index contributed by atoms with van der Waals surface area (Å²) in [6.45, 7) is 0. The molecule has 3 rings (SSSR count). The highest BCUT2D eigenvalue weighted by atomic mass is 127. The molecule has 0 aliphatic carbocycles. The molecule has 0 amide bonds. The van der Waals surface area contributed by atoms with E-state index in [-0.39, 0.29) is 17.4 Å². The fourth-order valence-electron chi connectivity index (χ4n) is 2.47. The maximum Gasteiger partial charge on any atom is 0.337 e. The van der Waals surface area contributed by atoms with Gasteiger partial charge in [-0.05, 0) is 58.5 Å². The first-order valence-electron chi connectivity index (χ1n) is 7.37. The lowest BCUT2D eigenvalue weighted by molar-refractivity contribution is 0.0447. The number of aliphatic imine (C=N–C) groups is 1. The summed E-state index contributed by atoms with van der Waals surface area (Å²) in [6, 6.07) is 9.99. The highest BCUT2D eigenvalue weighted by molar-refractivity contribution is 14.1. The van der Waals surface area contributed by atoms with E-state index in [2.05, 4.69) is 33.1 Å². The lowest BCUT2D eigenvalue weighted by Crippen LogP contribution is -2.12. The van der Waals surface area contributed by atoms with Gasteiger partial charge in [0.1, 0.15) is 11.9 Å². The number of amidine groups is 1. The first kappa shape index (κ1) is 17.5. The van der Waals surface area contributed by atoms with Crippen molar-refractivity contribution in [1.82, 2.24) is 5.48 Å². The molecule has 0 aromatic heterocycles. The number of aromatic carboxylic acids is 1. The van der Waals surface area contributed by atoms with E-state index in [0.29, 0.717) is 23.7 Å². The molecule has 8 heteroatoms. The van der Waals surface area contributed by atoms with Gasteiger partial charge in [0.25, 0.3) is 0 Å².